The van der Waals surface area contributed by atoms with Crippen LogP contribution in [0.2, 0.25) is 0 Å². The lowest BCUT2D eigenvalue weighted by molar-refractivity contribution is -0.337. The summed E-state index contributed by atoms with van der Waals surface area (Å²) in [4.78, 5) is 23.6. The second kappa shape index (κ2) is 10.6. The maximum atomic E-state index is 12.2. The molecule has 2 N–H and O–H groups in total. The summed E-state index contributed by atoms with van der Waals surface area (Å²) < 4.78 is 30.5. The molecule has 0 bridgehead atoms. The second-order valence-corrected chi connectivity index (χ2v) is 8.71. The number of aliphatic carboxylic acids is 1. The highest BCUT2D eigenvalue weighted by Gasteiger charge is 2.52. The van der Waals surface area contributed by atoms with Crippen molar-refractivity contribution in [3.05, 3.63) is 78.4 Å². The molecule has 0 aliphatic carbocycles. The molecule has 2 aliphatic rings. The fourth-order valence-electron chi connectivity index (χ4n) is 4.63. The molecule has 6 unspecified atom stereocenters. The van der Waals surface area contributed by atoms with Gasteiger partial charge in [-0.2, -0.15) is 0 Å². The van der Waals surface area contributed by atoms with Crippen LogP contribution in [0.3, 0.4) is 0 Å². The molecule has 36 heavy (non-hydrogen) atoms. The van der Waals surface area contributed by atoms with E-state index in [4.69, 9.17) is 23.7 Å². The van der Waals surface area contributed by atoms with Gasteiger partial charge in [0.25, 0.3) is 0 Å². The van der Waals surface area contributed by atoms with E-state index in [0.29, 0.717) is 5.75 Å². The number of ether oxygens (including phenoxy) is 5. The first kappa shape index (κ1) is 24.2. The van der Waals surface area contributed by atoms with Crippen LogP contribution in [0, 0.1) is 0 Å². The number of amides is 1. The molecule has 0 spiro atoms. The van der Waals surface area contributed by atoms with Gasteiger partial charge in [-0.3, -0.25) is 4.79 Å². The van der Waals surface area contributed by atoms with Gasteiger partial charge < -0.3 is 34.1 Å². The van der Waals surface area contributed by atoms with Gasteiger partial charge in [0.05, 0.1) is 6.61 Å². The van der Waals surface area contributed by atoms with Gasteiger partial charge in [0.1, 0.15) is 36.7 Å². The number of fused-ring (bicyclic) bond motifs is 2. The first-order valence-electron chi connectivity index (χ1n) is 11.7. The van der Waals surface area contributed by atoms with E-state index >= 15 is 0 Å². The Hall–Kier alpha value is -3.50. The summed E-state index contributed by atoms with van der Waals surface area (Å²) in [5, 5.41) is 14.0. The van der Waals surface area contributed by atoms with Gasteiger partial charge in [0, 0.05) is 17.9 Å². The first-order valence-corrected chi connectivity index (χ1v) is 11.7. The molecule has 2 fully saturated rings. The Kier molecular flexibility index (Phi) is 7.15. The molecule has 188 valence electrons. The molecule has 0 radical (unpaired) electrons. The van der Waals surface area contributed by atoms with Crippen LogP contribution in [-0.4, -0.2) is 60.8 Å². The summed E-state index contributed by atoms with van der Waals surface area (Å²) in [7, 11) is 0. The van der Waals surface area contributed by atoms with E-state index in [-0.39, 0.29) is 12.5 Å². The van der Waals surface area contributed by atoms with Gasteiger partial charge in [-0.1, -0.05) is 66.7 Å². The molecule has 3 aromatic rings. The van der Waals surface area contributed by atoms with Crippen molar-refractivity contribution in [2.45, 2.75) is 43.9 Å². The van der Waals surface area contributed by atoms with Crippen molar-refractivity contribution in [2.24, 2.45) is 0 Å². The van der Waals surface area contributed by atoms with Crippen molar-refractivity contribution < 1.29 is 38.4 Å². The fraction of sp³-hybridized carbons (Fsp3) is 0.333. The molecule has 3 aromatic carbocycles. The zero-order valence-corrected chi connectivity index (χ0v) is 19.6. The zero-order chi connectivity index (χ0) is 25.1. The van der Waals surface area contributed by atoms with Crippen LogP contribution in [0.15, 0.2) is 72.8 Å². The van der Waals surface area contributed by atoms with Crippen molar-refractivity contribution in [1.82, 2.24) is 5.32 Å². The van der Waals surface area contributed by atoms with Gasteiger partial charge in [0.2, 0.25) is 12.2 Å². The molecule has 5 rings (SSSR count). The fourth-order valence-corrected chi connectivity index (χ4v) is 4.63. The van der Waals surface area contributed by atoms with Gasteiger partial charge in [-0.25, -0.2) is 4.79 Å². The van der Waals surface area contributed by atoms with Crippen LogP contribution in [0.4, 0.5) is 0 Å². The number of carbonyl (C=O) groups is 2. The Bertz CT molecular complexity index is 1210. The molecule has 9 heteroatoms. The van der Waals surface area contributed by atoms with Gasteiger partial charge in [-0.05, 0) is 11.5 Å². The first-order chi connectivity index (χ1) is 17.5. The van der Waals surface area contributed by atoms with Gasteiger partial charge >= 0.3 is 5.97 Å². The highest BCUT2D eigenvalue weighted by atomic mass is 16.8. The number of nitrogens with one attached hydrogen (secondary N) is 1. The van der Waals surface area contributed by atoms with Crippen LogP contribution in [0.5, 0.6) is 5.75 Å². The molecule has 2 heterocycles. The zero-order valence-electron chi connectivity index (χ0n) is 19.6. The van der Waals surface area contributed by atoms with Crippen molar-refractivity contribution >= 4 is 22.6 Å². The second-order valence-electron chi connectivity index (χ2n) is 8.71. The molecule has 2 saturated heterocycles. The third-order valence-electron chi connectivity index (χ3n) is 6.17. The summed E-state index contributed by atoms with van der Waals surface area (Å²) >= 11 is 0. The maximum absolute atomic E-state index is 12.2. The largest absolute Gasteiger partial charge is 0.480 e. The number of hydrogen-bond acceptors (Lipinski definition) is 7. The Morgan fingerprint density at radius 2 is 1.75 bits per heavy atom. The molecule has 0 saturated carbocycles. The number of rotatable bonds is 7. The Labute approximate surface area is 207 Å². The smallest absolute Gasteiger partial charge is 0.329 e. The van der Waals surface area contributed by atoms with Crippen molar-refractivity contribution in [3.63, 3.8) is 0 Å². The summed E-state index contributed by atoms with van der Waals surface area (Å²) in [6, 6.07) is 21.9. The Morgan fingerprint density at radius 3 is 2.53 bits per heavy atom. The van der Waals surface area contributed by atoms with Gasteiger partial charge in [0.15, 0.2) is 6.29 Å². The lowest BCUT2D eigenvalue weighted by Crippen LogP contribution is -2.68. The normalized spacial score (nSPS) is 27.7. The van der Waals surface area contributed by atoms with Crippen molar-refractivity contribution in [3.8, 4) is 5.75 Å². The van der Waals surface area contributed by atoms with Crippen molar-refractivity contribution in [1.29, 1.82) is 0 Å². The number of carboxylic acid groups (broad SMARTS) is 1. The summed E-state index contributed by atoms with van der Waals surface area (Å²) in [6.07, 6.45) is -3.89. The van der Waals surface area contributed by atoms with Crippen LogP contribution < -0.4 is 10.1 Å². The quantitative estimate of drug-likeness (QED) is 0.517. The number of carbonyl (C=O) groups excluding carboxylic acids is 1. The molecule has 0 aromatic heterocycles. The summed E-state index contributed by atoms with van der Waals surface area (Å²) in [5.41, 5.74) is 0.804. The molecule has 2 aliphatic heterocycles. The lowest BCUT2D eigenvalue weighted by atomic mass is 9.95. The Balaban J connectivity index is 1.46. The molecule has 6 atom stereocenters. The third-order valence-corrected chi connectivity index (χ3v) is 6.17. The monoisotopic (exact) mass is 493 g/mol. The number of carboxylic acids is 1. The van der Waals surface area contributed by atoms with Crippen molar-refractivity contribution in [2.75, 3.05) is 13.2 Å². The minimum atomic E-state index is -1.14. The maximum Gasteiger partial charge on any atom is 0.329 e. The summed E-state index contributed by atoms with van der Waals surface area (Å²) in [5.74, 6) is -0.925. The number of benzene rings is 3. The molecular formula is C27H27NO8. The van der Waals surface area contributed by atoms with E-state index in [1.807, 2.05) is 72.8 Å². The number of hydrogen-bond donors (Lipinski definition) is 2. The lowest BCUT2D eigenvalue weighted by Gasteiger charge is -2.49. The average molecular weight is 494 g/mol. The average Bonchev–Trinajstić information content (AvgIpc) is 2.88. The summed E-state index contributed by atoms with van der Waals surface area (Å²) in [6.45, 7) is 0.956. The van der Waals surface area contributed by atoms with E-state index in [9.17, 15) is 14.7 Å². The van der Waals surface area contributed by atoms with E-state index in [2.05, 4.69) is 5.32 Å². The van der Waals surface area contributed by atoms with Crippen LogP contribution in [-0.2, 0) is 28.5 Å². The van der Waals surface area contributed by atoms with Crippen LogP contribution in [0.1, 0.15) is 18.8 Å². The Morgan fingerprint density at radius 1 is 1.00 bits per heavy atom. The van der Waals surface area contributed by atoms with E-state index in [0.717, 1.165) is 16.3 Å². The van der Waals surface area contributed by atoms with Crippen LogP contribution in [0.25, 0.3) is 10.8 Å². The molecule has 1 amide bonds. The minimum absolute atomic E-state index is 0.166. The predicted molar refractivity (Wildman–Crippen MR) is 128 cm³/mol. The van der Waals surface area contributed by atoms with E-state index in [1.54, 1.807) is 0 Å². The molecule has 9 nitrogen and oxygen atoms in total. The highest BCUT2D eigenvalue weighted by Crippen LogP contribution is 2.37. The SMILES string of the molecule is CC(=O)NC1C(Oc2cccc3ccccc23)OC2COC(c3ccccc3)OC2C1OCC(=O)O. The van der Waals surface area contributed by atoms with E-state index in [1.165, 1.54) is 6.92 Å². The topological polar surface area (TPSA) is 113 Å². The van der Waals surface area contributed by atoms with Crippen LogP contribution >= 0.6 is 0 Å². The highest BCUT2D eigenvalue weighted by molar-refractivity contribution is 5.88. The van der Waals surface area contributed by atoms with E-state index < -0.39 is 49.5 Å². The standard InChI is InChI=1S/C27H27NO8/c1-16(29)28-23-25(32-15-22(30)31)24-21(14-33-26(36-24)18-9-3-2-4-10-18)35-27(23)34-20-13-7-11-17-8-5-6-12-19(17)20/h2-13,21,23-27H,14-15H2,1H3,(H,28,29)(H,30,31). The third kappa shape index (κ3) is 5.19. The minimum Gasteiger partial charge on any atom is -0.480 e. The predicted octanol–water partition coefficient (Wildman–Crippen LogP) is 3.03. The van der Waals surface area contributed by atoms with Gasteiger partial charge in [-0.15, -0.1) is 0 Å². The molecular weight excluding hydrogens is 466 g/mol.